The minimum atomic E-state index is -1.02. The monoisotopic (exact) mass is 459 g/mol. The van der Waals surface area contributed by atoms with E-state index in [1.165, 1.54) is 0 Å². The Morgan fingerprint density at radius 2 is 1.76 bits per heavy atom. The van der Waals surface area contributed by atoms with Gasteiger partial charge < -0.3 is 19.6 Å². The molecule has 6 rings (SSSR count). The summed E-state index contributed by atoms with van der Waals surface area (Å²) in [5.41, 5.74) is 3.43. The highest BCUT2D eigenvalue weighted by atomic mass is 32.2. The molecule has 3 atom stereocenters. The van der Waals surface area contributed by atoms with Crippen LogP contribution in [-0.4, -0.2) is 31.2 Å². The van der Waals surface area contributed by atoms with Gasteiger partial charge in [0.2, 0.25) is 4.87 Å². The average molecular weight is 460 g/mol. The molecule has 3 aromatic carbocycles. The second kappa shape index (κ2) is 7.45. The number of nitrogens with one attached hydrogen (secondary N) is 1. The minimum absolute atomic E-state index is 0.106. The number of para-hydroxylation sites is 3. The first-order valence-corrected chi connectivity index (χ1v) is 11.4. The molecule has 8 heteroatoms. The number of amidine groups is 1. The fraction of sp³-hybridized carbons (Fsp3) is 0.200. The Kier molecular flexibility index (Phi) is 4.51. The fourth-order valence-corrected chi connectivity index (χ4v) is 6.44. The van der Waals surface area contributed by atoms with Crippen LogP contribution in [0, 0.1) is 0 Å². The highest BCUT2D eigenvalue weighted by Crippen LogP contribution is 2.61. The van der Waals surface area contributed by atoms with Gasteiger partial charge in [-0.25, -0.2) is 0 Å². The summed E-state index contributed by atoms with van der Waals surface area (Å²) in [6.45, 7) is 0. The van der Waals surface area contributed by atoms with Gasteiger partial charge in [0.25, 0.3) is 5.91 Å². The molecule has 1 saturated heterocycles. The molecule has 1 spiro atoms. The zero-order valence-electron chi connectivity index (χ0n) is 18.0. The van der Waals surface area contributed by atoms with Crippen LogP contribution in [0.4, 0.5) is 11.4 Å². The molecule has 1 amide bonds. The van der Waals surface area contributed by atoms with Crippen LogP contribution in [0.1, 0.15) is 17.2 Å². The van der Waals surface area contributed by atoms with Crippen LogP contribution < -0.4 is 19.7 Å². The molecule has 3 aromatic rings. The van der Waals surface area contributed by atoms with Crippen molar-refractivity contribution in [1.82, 2.24) is 0 Å². The summed E-state index contributed by atoms with van der Waals surface area (Å²) in [4.78, 5) is 20.6. The van der Waals surface area contributed by atoms with Crippen molar-refractivity contribution in [3.63, 3.8) is 0 Å². The Morgan fingerprint density at radius 1 is 1.00 bits per heavy atom. The normalized spacial score (nSPS) is 24.7. The second-order valence-electron chi connectivity index (χ2n) is 7.94. The van der Waals surface area contributed by atoms with E-state index in [0.29, 0.717) is 11.6 Å². The van der Waals surface area contributed by atoms with Gasteiger partial charge in [0.05, 0.1) is 19.9 Å². The Hall–Kier alpha value is -3.65. The van der Waals surface area contributed by atoms with Crippen molar-refractivity contribution in [3.8, 4) is 11.5 Å². The number of oxime groups is 1. The molecule has 0 radical (unpaired) electrons. The number of anilines is 2. The van der Waals surface area contributed by atoms with E-state index < -0.39 is 4.87 Å². The lowest BCUT2D eigenvalue weighted by atomic mass is 10.0. The molecule has 0 aliphatic carbocycles. The summed E-state index contributed by atoms with van der Waals surface area (Å²) < 4.78 is 11.0. The van der Waals surface area contributed by atoms with Crippen LogP contribution in [-0.2, 0) is 14.5 Å². The zero-order valence-corrected chi connectivity index (χ0v) is 18.8. The molecule has 7 nitrogen and oxygen atoms in total. The molecule has 33 heavy (non-hydrogen) atoms. The first kappa shape index (κ1) is 20.0. The Morgan fingerprint density at radius 3 is 2.55 bits per heavy atom. The van der Waals surface area contributed by atoms with Crippen molar-refractivity contribution in [1.29, 1.82) is 0 Å². The largest absolute Gasteiger partial charge is 0.497 e. The smallest absolute Gasteiger partial charge is 0.266 e. The van der Waals surface area contributed by atoms with Crippen LogP contribution in [0.5, 0.6) is 11.5 Å². The van der Waals surface area contributed by atoms with Crippen molar-refractivity contribution in [2.75, 3.05) is 24.4 Å². The third-order valence-electron chi connectivity index (χ3n) is 6.25. The Balaban J connectivity index is 1.52. The summed E-state index contributed by atoms with van der Waals surface area (Å²) in [5.74, 6) is 2.02. The first-order chi connectivity index (χ1) is 16.2. The van der Waals surface area contributed by atoms with E-state index in [9.17, 15) is 4.79 Å². The molecular weight excluding hydrogens is 438 g/mol. The number of carbonyl (C=O) groups excluding carboxylic acids is 1. The van der Waals surface area contributed by atoms with Gasteiger partial charge in [-0.15, -0.1) is 11.8 Å². The lowest BCUT2D eigenvalue weighted by Crippen LogP contribution is -2.47. The van der Waals surface area contributed by atoms with Crippen LogP contribution >= 0.6 is 11.8 Å². The summed E-state index contributed by atoms with van der Waals surface area (Å²) >= 11 is 1.55. The third-order valence-corrected chi connectivity index (χ3v) is 7.89. The maximum Gasteiger partial charge on any atom is 0.266 e. The van der Waals surface area contributed by atoms with Gasteiger partial charge >= 0.3 is 0 Å². The first-order valence-electron chi connectivity index (χ1n) is 10.6. The Labute approximate surface area is 195 Å². The van der Waals surface area contributed by atoms with E-state index in [0.717, 1.165) is 28.3 Å². The highest BCUT2D eigenvalue weighted by Gasteiger charge is 2.64. The van der Waals surface area contributed by atoms with Crippen LogP contribution in [0.3, 0.4) is 0 Å². The lowest BCUT2D eigenvalue weighted by molar-refractivity contribution is -0.117. The topological polar surface area (TPSA) is 72.4 Å². The maximum atomic E-state index is 13.7. The zero-order chi connectivity index (χ0) is 22.6. The van der Waals surface area contributed by atoms with Gasteiger partial charge in [0.15, 0.2) is 11.9 Å². The molecular formula is C25H21N3O4S. The SMILES string of the molecule is COc1ccc(C2ON=C3C2SC2(C(=O)Nc4ccccc42)N3c2ccccc2OC)cc1. The molecule has 3 heterocycles. The summed E-state index contributed by atoms with van der Waals surface area (Å²) in [7, 11) is 3.27. The number of carbonyl (C=O) groups is 1. The highest BCUT2D eigenvalue weighted by molar-refractivity contribution is 8.03. The van der Waals surface area contributed by atoms with Gasteiger partial charge in [0.1, 0.15) is 16.7 Å². The van der Waals surface area contributed by atoms with Crippen molar-refractivity contribution >= 4 is 34.9 Å². The molecule has 3 aliphatic heterocycles. The maximum absolute atomic E-state index is 13.7. The quantitative estimate of drug-likeness (QED) is 0.619. The van der Waals surface area contributed by atoms with E-state index in [1.54, 1.807) is 26.0 Å². The molecule has 3 unspecified atom stereocenters. The predicted octanol–water partition coefficient (Wildman–Crippen LogP) is 4.52. The van der Waals surface area contributed by atoms with E-state index >= 15 is 0 Å². The van der Waals surface area contributed by atoms with Crippen LogP contribution in [0.25, 0.3) is 0 Å². The minimum Gasteiger partial charge on any atom is -0.497 e. The molecule has 1 fully saturated rings. The lowest BCUT2D eigenvalue weighted by Gasteiger charge is -2.34. The number of ether oxygens (including phenoxy) is 2. The fourth-order valence-electron chi connectivity index (χ4n) is 4.73. The number of rotatable bonds is 4. The van der Waals surface area contributed by atoms with Gasteiger partial charge in [-0.2, -0.15) is 0 Å². The van der Waals surface area contributed by atoms with E-state index in [2.05, 4.69) is 10.5 Å². The van der Waals surface area contributed by atoms with Gasteiger partial charge in [-0.1, -0.05) is 47.6 Å². The number of thioether (sulfide) groups is 1. The summed E-state index contributed by atoms with van der Waals surface area (Å²) in [6.07, 6.45) is -0.340. The number of nitrogens with zero attached hydrogens (tertiary/aromatic N) is 2. The van der Waals surface area contributed by atoms with Crippen LogP contribution in [0.2, 0.25) is 0 Å². The molecule has 0 aromatic heterocycles. The summed E-state index contributed by atoms with van der Waals surface area (Å²) in [6, 6.07) is 23.2. The number of hydrogen-bond acceptors (Lipinski definition) is 7. The van der Waals surface area contributed by atoms with E-state index in [1.807, 2.05) is 77.7 Å². The molecule has 0 bridgehead atoms. The van der Waals surface area contributed by atoms with Crippen LogP contribution in [0.15, 0.2) is 78.0 Å². The number of hydrogen-bond donors (Lipinski definition) is 1. The molecule has 166 valence electrons. The van der Waals surface area contributed by atoms with Crippen molar-refractivity contribution < 1.29 is 19.1 Å². The van der Waals surface area contributed by atoms with Crippen molar-refractivity contribution in [2.45, 2.75) is 16.2 Å². The number of amides is 1. The standard InChI is InChI=1S/C25H21N3O4S/c1-30-16-13-11-15(12-14-16)21-22-23(27-32-21)28(19-9-5-6-10-20(19)31-2)25(33-22)17-7-3-4-8-18(17)26-24(25)29/h3-14,21-22H,1-2H3,(H,26,29). The van der Waals surface area contributed by atoms with Gasteiger partial charge in [-0.05, 0) is 35.9 Å². The summed E-state index contributed by atoms with van der Waals surface area (Å²) in [5, 5.41) is 7.39. The molecule has 0 saturated carbocycles. The van der Waals surface area contributed by atoms with Crippen molar-refractivity contribution in [3.05, 3.63) is 83.9 Å². The number of benzene rings is 3. The predicted molar refractivity (Wildman–Crippen MR) is 128 cm³/mol. The third kappa shape index (κ3) is 2.77. The van der Waals surface area contributed by atoms with E-state index in [4.69, 9.17) is 14.3 Å². The van der Waals surface area contributed by atoms with E-state index in [-0.39, 0.29) is 17.3 Å². The molecule has 1 N–H and O–H groups in total. The number of fused-ring (bicyclic) bond motifs is 3. The van der Waals surface area contributed by atoms with Crippen molar-refractivity contribution in [2.24, 2.45) is 5.16 Å². The Bertz CT molecular complexity index is 1280. The van der Waals surface area contributed by atoms with Gasteiger partial charge in [0, 0.05) is 11.3 Å². The second-order valence-corrected chi connectivity index (χ2v) is 9.27. The average Bonchev–Trinajstić information content (AvgIpc) is 3.50. The van der Waals surface area contributed by atoms with Gasteiger partial charge in [-0.3, -0.25) is 9.69 Å². The molecule has 3 aliphatic rings. The number of methoxy groups -OCH3 is 2.